The fraction of sp³-hybridized carbons (Fsp3) is 0.500. The first-order valence-corrected chi connectivity index (χ1v) is 6.28. The lowest BCUT2D eigenvalue weighted by Crippen LogP contribution is -2.01. The predicted octanol–water partition coefficient (Wildman–Crippen LogP) is 3.01. The van der Waals surface area contributed by atoms with E-state index >= 15 is 0 Å². The lowest BCUT2D eigenvalue weighted by atomic mass is 10.0. The van der Waals surface area contributed by atoms with Gasteiger partial charge in [0.15, 0.2) is 4.96 Å². The Morgan fingerprint density at radius 2 is 2.29 bits per heavy atom. The van der Waals surface area contributed by atoms with E-state index in [1.807, 2.05) is 11.3 Å². The lowest BCUT2D eigenvalue weighted by molar-refractivity contribution is 0.674. The van der Waals surface area contributed by atoms with E-state index in [1.165, 1.54) is 36.3 Å². The Kier molecular flexibility index (Phi) is 2.03. The van der Waals surface area contributed by atoms with Crippen LogP contribution in [0.15, 0.2) is 6.20 Å². The summed E-state index contributed by atoms with van der Waals surface area (Å²) < 4.78 is 2.23. The molecule has 0 radical (unpaired) electrons. The number of alkyl halides is 1. The van der Waals surface area contributed by atoms with Crippen LogP contribution in [0.3, 0.4) is 0 Å². The van der Waals surface area contributed by atoms with Crippen molar-refractivity contribution < 1.29 is 0 Å². The number of aromatic nitrogens is 2. The summed E-state index contributed by atoms with van der Waals surface area (Å²) in [6.07, 6.45) is 7.17. The second-order valence-electron chi connectivity index (χ2n) is 3.70. The summed E-state index contributed by atoms with van der Waals surface area (Å²) in [7, 11) is 0. The van der Waals surface area contributed by atoms with Crippen LogP contribution < -0.4 is 0 Å². The monoisotopic (exact) mass is 226 g/mol. The van der Waals surface area contributed by atoms with E-state index in [4.69, 9.17) is 11.6 Å². The average molecular weight is 227 g/mol. The molecule has 0 saturated carbocycles. The largest absolute Gasteiger partial charge is 0.294 e. The first kappa shape index (κ1) is 8.74. The van der Waals surface area contributed by atoms with Gasteiger partial charge in [-0.3, -0.25) is 4.40 Å². The van der Waals surface area contributed by atoms with Crippen LogP contribution in [0, 0.1) is 0 Å². The zero-order valence-electron chi connectivity index (χ0n) is 7.79. The number of nitrogens with zero attached hydrogens (tertiary/aromatic N) is 2. The van der Waals surface area contributed by atoms with Crippen molar-refractivity contribution >= 4 is 27.9 Å². The topological polar surface area (TPSA) is 17.3 Å². The minimum Gasteiger partial charge on any atom is -0.294 e. The third-order valence-corrected chi connectivity index (χ3v) is 4.19. The van der Waals surface area contributed by atoms with Gasteiger partial charge in [-0.15, -0.1) is 22.9 Å². The highest BCUT2D eigenvalue weighted by atomic mass is 35.5. The Hall–Kier alpha value is -0.540. The van der Waals surface area contributed by atoms with E-state index in [-0.39, 0.29) is 0 Å². The van der Waals surface area contributed by atoms with Gasteiger partial charge < -0.3 is 0 Å². The van der Waals surface area contributed by atoms with Gasteiger partial charge in [0.1, 0.15) is 0 Å². The van der Waals surface area contributed by atoms with Crippen LogP contribution in [0.25, 0.3) is 4.96 Å². The summed E-state index contributed by atoms with van der Waals surface area (Å²) in [5, 5.41) is 0. The summed E-state index contributed by atoms with van der Waals surface area (Å²) in [6.45, 7) is 0. The van der Waals surface area contributed by atoms with Crippen LogP contribution >= 0.6 is 22.9 Å². The van der Waals surface area contributed by atoms with E-state index in [1.54, 1.807) is 0 Å². The van der Waals surface area contributed by atoms with Gasteiger partial charge in [-0.25, -0.2) is 4.98 Å². The third kappa shape index (κ3) is 1.19. The van der Waals surface area contributed by atoms with Gasteiger partial charge in [0.2, 0.25) is 0 Å². The molecule has 1 aliphatic carbocycles. The number of aryl methyl sites for hydroxylation is 2. The van der Waals surface area contributed by atoms with Crippen molar-refractivity contribution in [3.63, 3.8) is 0 Å². The molecule has 2 aromatic rings. The Labute approximate surface area is 91.5 Å². The highest BCUT2D eigenvalue weighted by Crippen LogP contribution is 2.30. The molecule has 1 aliphatic rings. The first-order chi connectivity index (χ1) is 6.88. The molecule has 0 unspecified atom stereocenters. The standard InChI is InChI=1S/C10H11ClN2S/c11-5-7-6-13-8-3-1-2-4-9(8)14-10(13)12-7/h6H,1-5H2. The summed E-state index contributed by atoms with van der Waals surface area (Å²) in [5.41, 5.74) is 2.46. The molecule has 2 aromatic heterocycles. The van der Waals surface area contributed by atoms with Crippen molar-refractivity contribution in [2.45, 2.75) is 31.6 Å². The zero-order valence-corrected chi connectivity index (χ0v) is 9.37. The molecule has 0 aliphatic heterocycles. The Bertz CT molecular complexity index is 472. The van der Waals surface area contributed by atoms with Crippen LogP contribution in [-0.2, 0) is 18.7 Å². The highest BCUT2D eigenvalue weighted by Gasteiger charge is 2.17. The molecule has 0 N–H and O–H groups in total. The van der Waals surface area contributed by atoms with Gasteiger partial charge in [0.25, 0.3) is 0 Å². The van der Waals surface area contributed by atoms with Gasteiger partial charge in [-0.1, -0.05) is 0 Å². The smallest absolute Gasteiger partial charge is 0.194 e. The molecule has 0 bridgehead atoms. The minimum atomic E-state index is 0.517. The van der Waals surface area contributed by atoms with Crippen molar-refractivity contribution in [3.8, 4) is 0 Å². The van der Waals surface area contributed by atoms with Crippen molar-refractivity contribution in [2.24, 2.45) is 0 Å². The molecule has 2 heterocycles. The second-order valence-corrected chi connectivity index (χ2v) is 5.03. The summed E-state index contributed by atoms with van der Waals surface area (Å²) in [6, 6.07) is 0. The summed E-state index contributed by atoms with van der Waals surface area (Å²) in [4.78, 5) is 7.13. The molecule has 2 nitrogen and oxygen atoms in total. The molecule has 0 atom stereocenters. The van der Waals surface area contributed by atoms with Crippen LogP contribution in [0.4, 0.5) is 0 Å². The van der Waals surface area contributed by atoms with Crippen molar-refractivity contribution in [2.75, 3.05) is 0 Å². The van der Waals surface area contributed by atoms with Gasteiger partial charge in [-0.05, 0) is 25.7 Å². The average Bonchev–Trinajstić information content (AvgIpc) is 2.73. The van der Waals surface area contributed by atoms with Gasteiger partial charge in [0.05, 0.1) is 11.6 Å². The second kappa shape index (κ2) is 3.24. The first-order valence-electron chi connectivity index (χ1n) is 4.93. The Morgan fingerprint density at radius 1 is 1.43 bits per heavy atom. The molecular weight excluding hydrogens is 216 g/mol. The molecule has 74 valence electrons. The van der Waals surface area contributed by atoms with Crippen molar-refractivity contribution in [1.82, 2.24) is 9.38 Å². The van der Waals surface area contributed by atoms with Gasteiger partial charge >= 0.3 is 0 Å². The number of hydrogen-bond donors (Lipinski definition) is 0. The third-order valence-electron chi connectivity index (χ3n) is 2.75. The number of thiazole rings is 1. The number of halogens is 1. The number of rotatable bonds is 1. The summed E-state index contributed by atoms with van der Waals surface area (Å²) >= 11 is 7.60. The zero-order chi connectivity index (χ0) is 9.54. The van der Waals surface area contributed by atoms with Gasteiger partial charge in [-0.2, -0.15) is 0 Å². The number of fused-ring (bicyclic) bond motifs is 3. The van der Waals surface area contributed by atoms with Crippen LogP contribution in [-0.4, -0.2) is 9.38 Å². The van der Waals surface area contributed by atoms with Crippen molar-refractivity contribution in [1.29, 1.82) is 0 Å². The van der Waals surface area contributed by atoms with E-state index in [9.17, 15) is 0 Å². The molecule has 0 saturated heterocycles. The Morgan fingerprint density at radius 3 is 3.14 bits per heavy atom. The lowest BCUT2D eigenvalue weighted by Gasteiger charge is -2.09. The maximum Gasteiger partial charge on any atom is 0.194 e. The minimum absolute atomic E-state index is 0.517. The molecule has 0 amide bonds. The van der Waals surface area contributed by atoms with Crippen LogP contribution in [0.2, 0.25) is 0 Å². The van der Waals surface area contributed by atoms with E-state index in [0.29, 0.717) is 5.88 Å². The van der Waals surface area contributed by atoms with Crippen molar-refractivity contribution in [3.05, 3.63) is 22.5 Å². The maximum absolute atomic E-state index is 5.77. The van der Waals surface area contributed by atoms with Crippen LogP contribution in [0.1, 0.15) is 29.1 Å². The molecule has 14 heavy (non-hydrogen) atoms. The molecule has 3 rings (SSSR count). The quantitative estimate of drug-likeness (QED) is 0.684. The molecular formula is C10H11ClN2S. The fourth-order valence-electron chi connectivity index (χ4n) is 2.08. The summed E-state index contributed by atoms with van der Waals surface area (Å²) in [5.74, 6) is 0.517. The Balaban J connectivity index is 2.21. The molecule has 0 fully saturated rings. The van der Waals surface area contributed by atoms with E-state index < -0.39 is 0 Å². The molecule has 4 heteroatoms. The van der Waals surface area contributed by atoms with Crippen LogP contribution in [0.5, 0.6) is 0 Å². The SMILES string of the molecule is ClCc1cn2c3c(sc2n1)CCCC3. The maximum atomic E-state index is 5.77. The van der Waals surface area contributed by atoms with Gasteiger partial charge in [0, 0.05) is 16.8 Å². The van der Waals surface area contributed by atoms with E-state index in [2.05, 4.69) is 15.6 Å². The normalized spacial score (nSPS) is 16.1. The molecule has 0 aromatic carbocycles. The van der Waals surface area contributed by atoms with E-state index in [0.717, 1.165) is 10.7 Å². The molecule has 0 spiro atoms. The number of hydrogen-bond acceptors (Lipinski definition) is 2. The number of imidazole rings is 1. The predicted molar refractivity (Wildman–Crippen MR) is 59.3 cm³/mol. The fourth-order valence-corrected chi connectivity index (χ4v) is 3.41. The highest BCUT2D eigenvalue weighted by molar-refractivity contribution is 7.17.